The molecule has 0 bridgehead atoms. The first-order valence-corrected chi connectivity index (χ1v) is 17.2. The second-order valence-corrected chi connectivity index (χ2v) is 14.5. The Bertz CT molecular complexity index is 1270. The van der Waals surface area contributed by atoms with Gasteiger partial charge in [-0.15, -0.1) is 0 Å². The first-order valence-electron chi connectivity index (χ1n) is 15.3. The summed E-state index contributed by atoms with van der Waals surface area (Å²) >= 11 is 0. The Hall–Kier alpha value is -2.83. The number of hydrogen-bond donors (Lipinski definition) is 3. The molecule has 3 N–H and O–H groups in total. The van der Waals surface area contributed by atoms with Gasteiger partial charge in [-0.1, -0.05) is 37.8 Å². The molecule has 0 unspecified atom stereocenters. The normalized spacial score (nSPS) is 23.1. The van der Waals surface area contributed by atoms with Gasteiger partial charge in [-0.2, -0.15) is 0 Å². The molecule has 2 saturated heterocycles. The molecular formula is C31H45N3O8S. The van der Waals surface area contributed by atoms with Crippen LogP contribution in [0.1, 0.15) is 70.8 Å². The van der Waals surface area contributed by atoms with Crippen molar-refractivity contribution >= 4 is 33.3 Å². The number of hydrogen-bond acceptors (Lipinski definition) is 8. The Balaban J connectivity index is 1.46. The van der Waals surface area contributed by atoms with Crippen molar-refractivity contribution in [2.45, 2.75) is 100 Å². The molecule has 1 aliphatic carbocycles. The number of ether oxygens (including phenoxy) is 2. The molecular weight excluding hydrogens is 574 g/mol. The number of nitrogens with one attached hydrogen (secondary N) is 3. The first-order chi connectivity index (χ1) is 20.4. The summed E-state index contributed by atoms with van der Waals surface area (Å²) < 4.78 is 34.4. The van der Waals surface area contributed by atoms with Crippen molar-refractivity contribution < 1.29 is 37.1 Å². The van der Waals surface area contributed by atoms with Crippen molar-refractivity contribution in [3.8, 4) is 0 Å². The number of benzene rings is 1. The van der Waals surface area contributed by atoms with Crippen LogP contribution in [0, 0.1) is 11.8 Å². The lowest BCUT2D eigenvalue weighted by atomic mass is 9.90. The van der Waals surface area contributed by atoms with Crippen LogP contribution < -0.4 is 16.0 Å². The average molecular weight is 620 g/mol. The van der Waals surface area contributed by atoms with E-state index in [9.17, 15) is 27.6 Å². The molecule has 43 heavy (non-hydrogen) atoms. The van der Waals surface area contributed by atoms with Gasteiger partial charge in [0, 0.05) is 25.4 Å². The van der Waals surface area contributed by atoms with Crippen molar-refractivity contribution in [1.29, 1.82) is 0 Å². The number of aryl methyl sites for hydroxylation is 1. The third kappa shape index (κ3) is 9.33. The zero-order valence-corrected chi connectivity index (χ0v) is 26.2. The fourth-order valence-electron chi connectivity index (χ4n) is 5.84. The van der Waals surface area contributed by atoms with Crippen LogP contribution >= 0.6 is 0 Å². The predicted molar refractivity (Wildman–Crippen MR) is 159 cm³/mol. The highest BCUT2D eigenvalue weighted by molar-refractivity contribution is 7.90. The fourth-order valence-corrected chi connectivity index (χ4v) is 6.47. The highest BCUT2D eigenvalue weighted by atomic mass is 32.2. The monoisotopic (exact) mass is 619 g/mol. The smallest absolute Gasteiger partial charge is 0.243 e. The molecule has 2 aliphatic heterocycles. The molecule has 4 rings (SSSR count). The van der Waals surface area contributed by atoms with Crippen molar-refractivity contribution in [3.05, 3.63) is 29.8 Å². The van der Waals surface area contributed by atoms with Gasteiger partial charge < -0.3 is 25.4 Å². The molecule has 3 aliphatic rings. The SMILES string of the molecule is C[C@@H](NC(=O)C1CCOCC1)C(=O)N[C@@H](CCc1ccc(S(C)(=O)=O)cc1)C(=O)N[C@@H](CC1CCCC1)C(=O)[C@@]1(C)CO1. The minimum absolute atomic E-state index is 0.161. The summed E-state index contributed by atoms with van der Waals surface area (Å²) in [5.41, 5.74) is -0.114. The molecule has 4 atom stereocenters. The largest absolute Gasteiger partial charge is 0.381 e. The highest BCUT2D eigenvalue weighted by Crippen LogP contribution is 2.33. The third-order valence-electron chi connectivity index (χ3n) is 8.83. The lowest BCUT2D eigenvalue weighted by molar-refractivity contribution is -0.135. The maximum absolute atomic E-state index is 13.7. The standard InChI is InChI=1S/C31H45N3O8S/c1-20(32-29(37)23-14-16-41-17-15-23)28(36)33-25(13-10-21-8-11-24(12-9-21)43(3,39)40)30(38)34-26(18-22-6-4-5-7-22)27(35)31(2)19-42-31/h8-9,11-12,20,22-23,25-26H,4-7,10,13-19H2,1-3H3,(H,32,37)(H,33,36)(H,34,38)/t20-,25+,26+,31-/m1/s1. The van der Waals surface area contributed by atoms with Crippen molar-refractivity contribution in [2.75, 3.05) is 26.1 Å². The third-order valence-corrected chi connectivity index (χ3v) is 9.95. The molecule has 1 aromatic carbocycles. The zero-order valence-electron chi connectivity index (χ0n) is 25.4. The van der Waals surface area contributed by atoms with Gasteiger partial charge in [0.05, 0.1) is 17.5 Å². The summed E-state index contributed by atoms with van der Waals surface area (Å²) in [6.07, 6.45) is 7.61. The Morgan fingerprint density at radius 2 is 1.53 bits per heavy atom. The number of sulfone groups is 1. The van der Waals surface area contributed by atoms with Crippen molar-refractivity contribution in [1.82, 2.24) is 16.0 Å². The summed E-state index contributed by atoms with van der Waals surface area (Å²) in [4.78, 5) is 53.2. The summed E-state index contributed by atoms with van der Waals surface area (Å²) in [6, 6.07) is 3.79. The number of Topliss-reactive ketones (excluding diaryl/α,β-unsaturated/α-hetero) is 1. The minimum atomic E-state index is -3.35. The van der Waals surface area contributed by atoms with Gasteiger partial charge in [0.25, 0.3) is 0 Å². The van der Waals surface area contributed by atoms with E-state index in [2.05, 4.69) is 16.0 Å². The maximum atomic E-state index is 13.7. The Labute approximate surface area is 254 Å². The van der Waals surface area contributed by atoms with Crippen LogP contribution in [0.5, 0.6) is 0 Å². The van der Waals surface area contributed by atoms with E-state index in [0.717, 1.165) is 37.5 Å². The minimum Gasteiger partial charge on any atom is -0.381 e. The van der Waals surface area contributed by atoms with Crippen LogP contribution in [-0.2, 0) is 44.9 Å². The van der Waals surface area contributed by atoms with E-state index in [1.54, 1.807) is 26.0 Å². The number of rotatable bonds is 14. The summed E-state index contributed by atoms with van der Waals surface area (Å²) in [7, 11) is -3.35. The number of carbonyl (C=O) groups excluding carboxylic acids is 4. The summed E-state index contributed by atoms with van der Waals surface area (Å²) in [5.74, 6) is -1.28. The number of ketones is 1. The second-order valence-electron chi connectivity index (χ2n) is 12.5. The zero-order chi connectivity index (χ0) is 31.2. The summed E-state index contributed by atoms with van der Waals surface area (Å²) in [5, 5.41) is 8.48. The Kier molecular flexibility index (Phi) is 11.0. The van der Waals surface area contributed by atoms with Gasteiger partial charge in [-0.05, 0) is 69.6 Å². The van der Waals surface area contributed by atoms with Gasteiger partial charge in [-0.25, -0.2) is 8.42 Å². The molecule has 0 radical (unpaired) electrons. The van der Waals surface area contributed by atoms with Crippen molar-refractivity contribution in [3.63, 3.8) is 0 Å². The quantitative estimate of drug-likeness (QED) is 0.266. The number of amides is 3. The van der Waals surface area contributed by atoms with Crippen LogP contribution in [-0.4, -0.2) is 81.7 Å². The number of epoxide rings is 1. The van der Waals surface area contributed by atoms with E-state index < -0.39 is 45.4 Å². The van der Waals surface area contributed by atoms with Crippen molar-refractivity contribution in [2.24, 2.45) is 11.8 Å². The van der Waals surface area contributed by atoms with E-state index in [0.29, 0.717) is 51.4 Å². The van der Waals surface area contributed by atoms with Gasteiger partial charge in [0.2, 0.25) is 17.7 Å². The van der Waals surface area contributed by atoms with E-state index in [1.165, 1.54) is 12.1 Å². The molecule has 1 aromatic rings. The maximum Gasteiger partial charge on any atom is 0.243 e. The van der Waals surface area contributed by atoms with Gasteiger partial charge in [0.1, 0.15) is 17.7 Å². The lowest BCUT2D eigenvalue weighted by Crippen LogP contribution is -2.56. The lowest BCUT2D eigenvalue weighted by Gasteiger charge is -2.27. The Morgan fingerprint density at radius 1 is 0.930 bits per heavy atom. The van der Waals surface area contributed by atoms with E-state index >= 15 is 0 Å². The number of carbonyl (C=O) groups is 4. The van der Waals surface area contributed by atoms with E-state index in [-0.39, 0.29) is 28.9 Å². The topological polar surface area (TPSA) is 160 Å². The molecule has 3 fully saturated rings. The molecule has 11 nitrogen and oxygen atoms in total. The van der Waals surface area contributed by atoms with E-state index in [4.69, 9.17) is 9.47 Å². The van der Waals surface area contributed by atoms with Gasteiger partial charge in [-0.3, -0.25) is 19.2 Å². The molecule has 0 spiro atoms. The first kappa shape index (κ1) is 33.1. The molecule has 3 amide bonds. The molecule has 2 heterocycles. The molecule has 0 aromatic heterocycles. The van der Waals surface area contributed by atoms with Gasteiger partial charge >= 0.3 is 0 Å². The molecule has 238 valence electrons. The van der Waals surface area contributed by atoms with Crippen LogP contribution in [0.4, 0.5) is 0 Å². The summed E-state index contributed by atoms with van der Waals surface area (Å²) in [6.45, 7) is 4.61. The van der Waals surface area contributed by atoms with Crippen LogP contribution in [0.3, 0.4) is 0 Å². The average Bonchev–Trinajstić information content (AvgIpc) is 3.52. The Morgan fingerprint density at radius 3 is 2.12 bits per heavy atom. The molecule has 1 saturated carbocycles. The second kappa shape index (κ2) is 14.3. The molecule has 12 heteroatoms. The predicted octanol–water partition coefficient (Wildman–Crippen LogP) is 1.86. The fraction of sp³-hybridized carbons (Fsp3) is 0.677. The van der Waals surface area contributed by atoms with Gasteiger partial charge in [0.15, 0.2) is 15.6 Å². The van der Waals surface area contributed by atoms with Crippen LogP contribution in [0.25, 0.3) is 0 Å². The highest BCUT2D eigenvalue weighted by Gasteiger charge is 2.50. The van der Waals surface area contributed by atoms with E-state index in [1.807, 2.05) is 0 Å². The van der Waals surface area contributed by atoms with Crippen LogP contribution in [0.15, 0.2) is 29.2 Å². The van der Waals surface area contributed by atoms with Crippen LogP contribution in [0.2, 0.25) is 0 Å².